The van der Waals surface area contributed by atoms with Gasteiger partial charge in [0, 0.05) is 16.6 Å². The van der Waals surface area contributed by atoms with E-state index in [4.69, 9.17) is 0 Å². The first kappa shape index (κ1) is 15.2. The first-order valence-electron chi connectivity index (χ1n) is 5.59. The Bertz CT molecular complexity index is 721. The molecule has 0 aliphatic carbocycles. The molecule has 0 radical (unpaired) electrons. The van der Waals surface area contributed by atoms with Gasteiger partial charge in [0.05, 0.1) is 12.1 Å². The number of hydrogen-bond acceptors (Lipinski definition) is 3. The standard InChI is InChI=1S/C12H8F4N2O2S/c13-9-2-1-6(3-8(9)12(14,15)16)10(19)17-4-7-5-21-11(20)18-7/h1-3,5H,4H2,(H,17,19)(H,18,20). The molecule has 0 saturated carbocycles. The van der Waals surface area contributed by atoms with E-state index in [1.54, 1.807) is 0 Å². The highest BCUT2D eigenvalue weighted by molar-refractivity contribution is 7.07. The summed E-state index contributed by atoms with van der Waals surface area (Å²) in [6.07, 6.45) is -4.88. The number of hydrogen-bond donors (Lipinski definition) is 2. The Morgan fingerprint density at radius 3 is 2.62 bits per heavy atom. The number of alkyl halides is 3. The van der Waals surface area contributed by atoms with Crippen molar-refractivity contribution >= 4 is 17.2 Å². The van der Waals surface area contributed by atoms with Crippen molar-refractivity contribution < 1.29 is 22.4 Å². The van der Waals surface area contributed by atoms with Gasteiger partial charge in [0.15, 0.2) is 0 Å². The minimum atomic E-state index is -4.88. The molecule has 0 unspecified atom stereocenters. The third-order valence-electron chi connectivity index (χ3n) is 2.54. The quantitative estimate of drug-likeness (QED) is 0.854. The van der Waals surface area contributed by atoms with Crippen LogP contribution in [-0.2, 0) is 12.7 Å². The predicted molar refractivity (Wildman–Crippen MR) is 67.5 cm³/mol. The number of carbonyl (C=O) groups excluding carboxylic acids is 1. The number of aromatic nitrogens is 1. The normalized spacial score (nSPS) is 11.4. The summed E-state index contributed by atoms with van der Waals surface area (Å²) in [6.45, 7) is -0.0453. The number of H-pyrrole nitrogens is 1. The van der Waals surface area contributed by atoms with Crippen LogP contribution in [-0.4, -0.2) is 10.9 Å². The number of carbonyl (C=O) groups is 1. The van der Waals surface area contributed by atoms with Crippen molar-refractivity contribution in [3.05, 3.63) is 55.9 Å². The molecule has 1 aromatic carbocycles. The van der Waals surface area contributed by atoms with Gasteiger partial charge in [-0.25, -0.2) is 4.39 Å². The summed E-state index contributed by atoms with van der Waals surface area (Å²) in [6, 6.07) is 1.99. The second-order valence-corrected chi connectivity index (χ2v) is 4.89. The SMILES string of the molecule is O=C(NCc1csc(=O)[nH]1)c1ccc(F)c(C(F)(F)F)c1. The number of halogens is 4. The van der Waals surface area contributed by atoms with Crippen LogP contribution in [0.3, 0.4) is 0 Å². The first-order chi connectivity index (χ1) is 9.77. The molecule has 2 rings (SSSR count). The van der Waals surface area contributed by atoms with Crippen molar-refractivity contribution in [1.29, 1.82) is 0 Å². The Morgan fingerprint density at radius 2 is 2.05 bits per heavy atom. The van der Waals surface area contributed by atoms with Crippen molar-refractivity contribution in [1.82, 2.24) is 10.3 Å². The zero-order chi connectivity index (χ0) is 15.6. The molecule has 0 bridgehead atoms. The van der Waals surface area contributed by atoms with Crippen LogP contribution in [0.4, 0.5) is 17.6 Å². The maximum absolute atomic E-state index is 13.1. The zero-order valence-corrected chi connectivity index (χ0v) is 11.1. The van der Waals surface area contributed by atoms with Crippen LogP contribution in [0, 0.1) is 5.82 Å². The fourth-order valence-corrected chi connectivity index (χ4v) is 2.14. The van der Waals surface area contributed by atoms with E-state index >= 15 is 0 Å². The molecule has 0 aliphatic heterocycles. The second kappa shape index (κ2) is 5.68. The van der Waals surface area contributed by atoms with Crippen LogP contribution in [0.1, 0.15) is 21.6 Å². The number of aromatic amines is 1. The molecule has 1 heterocycles. The molecule has 0 fully saturated rings. The Balaban J connectivity index is 2.14. The van der Waals surface area contributed by atoms with Crippen molar-refractivity contribution in [2.75, 3.05) is 0 Å². The fraction of sp³-hybridized carbons (Fsp3) is 0.167. The Hall–Kier alpha value is -2.16. The minimum absolute atomic E-state index is 0.0453. The molecule has 1 amide bonds. The average molecular weight is 320 g/mol. The van der Waals surface area contributed by atoms with E-state index in [-0.39, 0.29) is 17.0 Å². The average Bonchev–Trinajstić information content (AvgIpc) is 2.81. The summed E-state index contributed by atoms with van der Waals surface area (Å²) in [4.78, 5) is 24.7. The summed E-state index contributed by atoms with van der Waals surface area (Å²) in [5.74, 6) is -2.24. The molecule has 21 heavy (non-hydrogen) atoms. The maximum Gasteiger partial charge on any atom is 0.419 e. The van der Waals surface area contributed by atoms with Gasteiger partial charge in [0.1, 0.15) is 5.82 Å². The van der Waals surface area contributed by atoms with E-state index in [2.05, 4.69) is 10.3 Å². The van der Waals surface area contributed by atoms with Gasteiger partial charge in [-0.15, -0.1) is 0 Å². The molecule has 2 N–H and O–H groups in total. The second-order valence-electron chi connectivity index (χ2n) is 4.05. The van der Waals surface area contributed by atoms with E-state index in [0.29, 0.717) is 17.8 Å². The van der Waals surface area contributed by atoms with E-state index in [1.807, 2.05) is 0 Å². The van der Waals surface area contributed by atoms with Crippen LogP contribution in [0.2, 0.25) is 0 Å². The number of thiazole rings is 1. The third-order valence-corrected chi connectivity index (χ3v) is 3.26. The van der Waals surface area contributed by atoms with Gasteiger partial charge < -0.3 is 10.3 Å². The predicted octanol–water partition coefficient (Wildman–Crippen LogP) is 2.52. The molecule has 0 atom stereocenters. The van der Waals surface area contributed by atoms with Crippen LogP contribution >= 0.6 is 11.3 Å². The molecule has 0 saturated heterocycles. The summed E-state index contributed by atoms with van der Waals surface area (Å²) in [7, 11) is 0. The van der Waals surface area contributed by atoms with Crippen LogP contribution in [0.15, 0.2) is 28.4 Å². The summed E-state index contributed by atoms with van der Waals surface area (Å²) in [5, 5.41) is 3.82. The molecule has 112 valence electrons. The monoisotopic (exact) mass is 320 g/mol. The molecule has 4 nitrogen and oxygen atoms in total. The number of rotatable bonds is 3. The Kier molecular flexibility index (Phi) is 4.12. The van der Waals surface area contributed by atoms with Gasteiger partial charge >= 0.3 is 11.0 Å². The van der Waals surface area contributed by atoms with Crippen molar-refractivity contribution in [2.24, 2.45) is 0 Å². The molecule has 1 aromatic heterocycles. The van der Waals surface area contributed by atoms with E-state index in [1.165, 1.54) is 5.38 Å². The molecule has 9 heteroatoms. The number of benzene rings is 1. The molecule has 2 aromatic rings. The van der Waals surface area contributed by atoms with Gasteiger partial charge in [-0.3, -0.25) is 9.59 Å². The summed E-state index contributed by atoms with van der Waals surface area (Å²) >= 11 is 0.899. The summed E-state index contributed by atoms with van der Waals surface area (Å²) < 4.78 is 50.7. The number of nitrogens with one attached hydrogen (secondary N) is 2. The maximum atomic E-state index is 13.1. The molecule has 0 aliphatic rings. The fourth-order valence-electron chi connectivity index (χ4n) is 1.56. The molecular formula is C12H8F4N2O2S. The van der Waals surface area contributed by atoms with Crippen molar-refractivity contribution in [3.63, 3.8) is 0 Å². The number of amides is 1. The lowest BCUT2D eigenvalue weighted by Gasteiger charge is -2.10. The van der Waals surface area contributed by atoms with E-state index < -0.39 is 23.5 Å². The lowest BCUT2D eigenvalue weighted by molar-refractivity contribution is -0.140. The smallest absolute Gasteiger partial charge is 0.346 e. The summed E-state index contributed by atoms with van der Waals surface area (Å²) in [5.41, 5.74) is -1.39. The molecule has 0 spiro atoms. The van der Waals surface area contributed by atoms with E-state index in [0.717, 1.165) is 17.4 Å². The Morgan fingerprint density at radius 1 is 1.33 bits per heavy atom. The Labute approximate surface area is 119 Å². The van der Waals surface area contributed by atoms with Crippen LogP contribution in [0.25, 0.3) is 0 Å². The van der Waals surface area contributed by atoms with E-state index in [9.17, 15) is 27.2 Å². The van der Waals surface area contributed by atoms with Crippen LogP contribution in [0.5, 0.6) is 0 Å². The highest BCUT2D eigenvalue weighted by atomic mass is 32.1. The zero-order valence-electron chi connectivity index (χ0n) is 10.3. The molecular weight excluding hydrogens is 312 g/mol. The lowest BCUT2D eigenvalue weighted by atomic mass is 10.1. The highest BCUT2D eigenvalue weighted by Gasteiger charge is 2.34. The minimum Gasteiger partial charge on any atom is -0.346 e. The lowest BCUT2D eigenvalue weighted by Crippen LogP contribution is -2.24. The van der Waals surface area contributed by atoms with Crippen molar-refractivity contribution in [2.45, 2.75) is 12.7 Å². The largest absolute Gasteiger partial charge is 0.419 e. The van der Waals surface area contributed by atoms with Gasteiger partial charge in [-0.2, -0.15) is 13.2 Å². The topological polar surface area (TPSA) is 62.0 Å². The highest BCUT2D eigenvalue weighted by Crippen LogP contribution is 2.31. The third kappa shape index (κ3) is 3.69. The van der Waals surface area contributed by atoms with Gasteiger partial charge in [-0.1, -0.05) is 11.3 Å². The van der Waals surface area contributed by atoms with Crippen LogP contribution < -0.4 is 10.2 Å². The first-order valence-corrected chi connectivity index (χ1v) is 6.47. The van der Waals surface area contributed by atoms with Gasteiger partial charge in [0.2, 0.25) is 0 Å². The van der Waals surface area contributed by atoms with Crippen molar-refractivity contribution in [3.8, 4) is 0 Å². The van der Waals surface area contributed by atoms with Gasteiger partial charge in [0.25, 0.3) is 5.91 Å². The van der Waals surface area contributed by atoms with Gasteiger partial charge in [-0.05, 0) is 18.2 Å².